The van der Waals surface area contributed by atoms with Crippen LogP contribution < -0.4 is 10.2 Å². The number of amides is 3. The minimum absolute atomic E-state index is 0.0987. The van der Waals surface area contributed by atoms with Crippen molar-refractivity contribution in [3.05, 3.63) is 48.2 Å². The van der Waals surface area contributed by atoms with Crippen LogP contribution >= 0.6 is 0 Å². The molecule has 2 aromatic rings. The summed E-state index contributed by atoms with van der Waals surface area (Å²) in [7, 11) is -3.67. The van der Waals surface area contributed by atoms with Gasteiger partial charge in [0.1, 0.15) is 0 Å². The van der Waals surface area contributed by atoms with Crippen molar-refractivity contribution in [3.63, 3.8) is 0 Å². The zero-order valence-electron chi connectivity index (χ0n) is 21.9. The minimum Gasteiger partial charge on any atom is -0.324 e. The Balaban J connectivity index is 0.000000617. The third-order valence-corrected chi connectivity index (χ3v) is 7.17. The number of nitrogens with one attached hydrogen (secondary N) is 1. The molecule has 11 heteroatoms. The first-order valence-electron chi connectivity index (χ1n) is 13.3. The summed E-state index contributed by atoms with van der Waals surface area (Å²) in [6, 6.07) is 10.8. The molecular weight excluding hydrogens is 506 g/mol. The highest BCUT2D eigenvalue weighted by molar-refractivity contribution is 7.85. The van der Waals surface area contributed by atoms with Crippen molar-refractivity contribution in [1.82, 2.24) is 14.8 Å². The standard InChI is InChI=1S/C26H33N5O2.CH4O3S/c32-25-21-10-7-14-27-24(21)31(23-12-4-3-11-22(23)28-25)26(33)30-17-8-9-20(19-30)13-18-29-15-5-1-2-6-16-29;1-5(2,3)4/h3-4,7,10-12,14,20H,1-2,5-6,8-9,13,15-19H2,(H,28,32);1H3,(H,2,3,4). The number of fused-ring (bicyclic) bond motifs is 2. The lowest BCUT2D eigenvalue weighted by Crippen LogP contribution is -2.47. The summed E-state index contributed by atoms with van der Waals surface area (Å²) in [5, 5.41) is 2.94. The van der Waals surface area contributed by atoms with Gasteiger partial charge in [0, 0.05) is 19.3 Å². The van der Waals surface area contributed by atoms with Crippen LogP contribution in [0.15, 0.2) is 42.6 Å². The highest BCUT2D eigenvalue weighted by atomic mass is 32.2. The molecule has 3 amide bonds. The Kier molecular flexibility index (Phi) is 9.35. The molecule has 206 valence electrons. The normalized spacial score (nSPS) is 20.2. The van der Waals surface area contributed by atoms with E-state index in [0.29, 0.717) is 34.9 Å². The number of hydrogen-bond acceptors (Lipinski definition) is 6. The van der Waals surface area contributed by atoms with Gasteiger partial charge in [-0.1, -0.05) is 25.0 Å². The highest BCUT2D eigenvalue weighted by Gasteiger charge is 2.34. The van der Waals surface area contributed by atoms with Gasteiger partial charge >= 0.3 is 6.03 Å². The van der Waals surface area contributed by atoms with Crippen molar-refractivity contribution in [3.8, 4) is 0 Å². The molecule has 2 fully saturated rings. The molecule has 2 saturated heterocycles. The number of hydrogen-bond donors (Lipinski definition) is 2. The summed E-state index contributed by atoms with van der Waals surface area (Å²) >= 11 is 0. The second kappa shape index (κ2) is 12.7. The Morgan fingerprint density at radius 3 is 2.50 bits per heavy atom. The number of carbonyl (C=O) groups excluding carboxylic acids is 2. The first-order chi connectivity index (χ1) is 18.2. The van der Waals surface area contributed by atoms with E-state index in [0.717, 1.165) is 32.5 Å². The average Bonchev–Trinajstić information content (AvgIpc) is 3.22. The van der Waals surface area contributed by atoms with E-state index in [1.807, 2.05) is 29.2 Å². The maximum Gasteiger partial charge on any atom is 0.330 e. The number of nitrogens with zero attached hydrogens (tertiary/aromatic N) is 4. The number of piperidine rings is 1. The largest absolute Gasteiger partial charge is 0.330 e. The van der Waals surface area contributed by atoms with E-state index in [1.54, 1.807) is 23.2 Å². The fourth-order valence-corrected chi connectivity index (χ4v) is 5.36. The molecular formula is C27H37N5O5S. The van der Waals surface area contributed by atoms with Gasteiger partial charge < -0.3 is 15.1 Å². The van der Waals surface area contributed by atoms with Gasteiger partial charge in [0.05, 0.1) is 23.2 Å². The molecule has 38 heavy (non-hydrogen) atoms. The van der Waals surface area contributed by atoms with Crippen molar-refractivity contribution in [2.24, 2.45) is 5.92 Å². The number of para-hydroxylation sites is 2. The van der Waals surface area contributed by atoms with Crippen molar-refractivity contribution < 1.29 is 22.6 Å². The summed E-state index contributed by atoms with van der Waals surface area (Å²) < 4.78 is 25.9. The predicted molar refractivity (Wildman–Crippen MR) is 147 cm³/mol. The molecule has 4 heterocycles. The molecule has 0 spiro atoms. The Hall–Kier alpha value is -3.02. The molecule has 0 aliphatic carbocycles. The molecule has 10 nitrogen and oxygen atoms in total. The fourth-order valence-electron chi connectivity index (χ4n) is 5.36. The van der Waals surface area contributed by atoms with Crippen molar-refractivity contribution in [2.45, 2.75) is 44.9 Å². The summed E-state index contributed by atoms with van der Waals surface area (Å²) in [6.07, 6.45) is 11.0. The quantitative estimate of drug-likeness (QED) is 0.551. The number of aromatic nitrogens is 1. The average molecular weight is 544 g/mol. The molecule has 0 radical (unpaired) electrons. The van der Waals surface area contributed by atoms with Crippen molar-refractivity contribution >= 4 is 39.2 Å². The maximum absolute atomic E-state index is 13.9. The number of pyridine rings is 1. The lowest BCUT2D eigenvalue weighted by atomic mass is 9.94. The van der Waals surface area contributed by atoms with Crippen LogP contribution in [-0.4, -0.2) is 78.7 Å². The van der Waals surface area contributed by atoms with Crippen LogP contribution in [0, 0.1) is 5.92 Å². The fraction of sp³-hybridized carbons (Fsp3) is 0.519. The monoisotopic (exact) mass is 543 g/mol. The molecule has 5 rings (SSSR count). The zero-order valence-corrected chi connectivity index (χ0v) is 22.7. The van der Waals surface area contributed by atoms with Crippen LogP contribution in [0.1, 0.15) is 55.3 Å². The van der Waals surface area contributed by atoms with Gasteiger partial charge in [-0.05, 0) is 81.9 Å². The van der Waals surface area contributed by atoms with E-state index in [4.69, 9.17) is 4.55 Å². The third kappa shape index (κ3) is 7.52. The Bertz CT molecular complexity index is 1220. The van der Waals surface area contributed by atoms with E-state index in [9.17, 15) is 18.0 Å². The summed E-state index contributed by atoms with van der Waals surface area (Å²) in [6.45, 7) is 5.05. The molecule has 1 atom stereocenters. The molecule has 0 saturated carbocycles. The smallest absolute Gasteiger partial charge is 0.324 e. The van der Waals surface area contributed by atoms with Gasteiger partial charge in [0.2, 0.25) is 0 Å². The first-order valence-corrected chi connectivity index (χ1v) is 15.1. The minimum atomic E-state index is -3.67. The molecule has 3 aliphatic heterocycles. The van der Waals surface area contributed by atoms with E-state index >= 15 is 0 Å². The summed E-state index contributed by atoms with van der Waals surface area (Å²) in [5.41, 5.74) is 1.71. The number of likely N-dealkylation sites (tertiary alicyclic amines) is 2. The van der Waals surface area contributed by atoms with Crippen LogP contribution in [0.5, 0.6) is 0 Å². The third-order valence-electron chi connectivity index (χ3n) is 7.17. The van der Waals surface area contributed by atoms with Gasteiger partial charge in [-0.15, -0.1) is 0 Å². The molecule has 1 aromatic heterocycles. The SMILES string of the molecule is CS(=O)(=O)O.O=C1Nc2ccccc2N(C(=O)N2CCCC(CCN3CCCCCC3)C2)c2ncccc21. The number of benzene rings is 1. The molecule has 1 unspecified atom stereocenters. The van der Waals surface area contributed by atoms with Gasteiger partial charge in [-0.2, -0.15) is 8.42 Å². The maximum atomic E-state index is 13.9. The van der Waals surface area contributed by atoms with Gasteiger partial charge in [-0.25, -0.2) is 14.7 Å². The Morgan fingerprint density at radius 2 is 1.76 bits per heavy atom. The van der Waals surface area contributed by atoms with E-state index in [1.165, 1.54) is 45.2 Å². The van der Waals surface area contributed by atoms with Gasteiger partial charge in [-0.3, -0.25) is 9.35 Å². The molecule has 2 N–H and O–H groups in total. The zero-order chi connectivity index (χ0) is 27.1. The van der Waals surface area contributed by atoms with E-state index in [-0.39, 0.29) is 11.9 Å². The molecule has 0 bridgehead atoms. The van der Waals surface area contributed by atoms with Crippen LogP contribution in [0.4, 0.5) is 22.0 Å². The highest BCUT2D eigenvalue weighted by Crippen LogP contribution is 2.37. The molecule has 3 aliphatic rings. The van der Waals surface area contributed by atoms with Crippen LogP contribution in [0.3, 0.4) is 0 Å². The topological polar surface area (TPSA) is 123 Å². The van der Waals surface area contributed by atoms with Gasteiger partial charge in [0.25, 0.3) is 16.0 Å². The van der Waals surface area contributed by atoms with Crippen molar-refractivity contribution in [2.75, 3.05) is 49.2 Å². The van der Waals surface area contributed by atoms with Crippen LogP contribution in [0.25, 0.3) is 0 Å². The van der Waals surface area contributed by atoms with E-state index in [2.05, 4.69) is 15.2 Å². The number of urea groups is 1. The Morgan fingerprint density at radius 1 is 1.05 bits per heavy atom. The van der Waals surface area contributed by atoms with Crippen LogP contribution in [-0.2, 0) is 10.1 Å². The number of rotatable bonds is 3. The predicted octanol–water partition coefficient (Wildman–Crippen LogP) is 4.39. The van der Waals surface area contributed by atoms with Crippen LogP contribution in [0.2, 0.25) is 0 Å². The van der Waals surface area contributed by atoms with Crippen molar-refractivity contribution in [1.29, 1.82) is 0 Å². The lowest BCUT2D eigenvalue weighted by Gasteiger charge is -2.37. The Labute approximate surface area is 224 Å². The second-order valence-electron chi connectivity index (χ2n) is 10.2. The van der Waals surface area contributed by atoms with E-state index < -0.39 is 10.1 Å². The second-order valence-corrected chi connectivity index (χ2v) is 11.7. The number of anilines is 3. The first kappa shape index (κ1) is 28.0. The lowest BCUT2D eigenvalue weighted by molar-refractivity contribution is 0.102. The van der Waals surface area contributed by atoms with Gasteiger partial charge in [0.15, 0.2) is 5.82 Å². The molecule has 1 aromatic carbocycles. The number of carbonyl (C=O) groups is 2. The summed E-state index contributed by atoms with van der Waals surface area (Å²) in [4.78, 5) is 37.4. The summed E-state index contributed by atoms with van der Waals surface area (Å²) in [5.74, 6) is 0.669.